The van der Waals surface area contributed by atoms with Crippen molar-refractivity contribution in [1.82, 2.24) is 10.2 Å². The lowest BCUT2D eigenvalue weighted by Crippen LogP contribution is -2.37. The van der Waals surface area contributed by atoms with Crippen molar-refractivity contribution in [2.75, 3.05) is 31.6 Å². The Morgan fingerprint density at radius 2 is 1.70 bits per heavy atom. The molecule has 1 aliphatic rings. The number of hydrogen-bond acceptors (Lipinski definition) is 4. The van der Waals surface area contributed by atoms with E-state index in [0.29, 0.717) is 32.6 Å². The van der Waals surface area contributed by atoms with Crippen molar-refractivity contribution in [3.05, 3.63) is 65.7 Å². The summed E-state index contributed by atoms with van der Waals surface area (Å²) in [5.41, 5.74) is 3.44. The molecule has 2 amide bonds. The number of hydrogen-bond donors (Lipinski definition) is 2. The Bertz CT molecular complexity index is 764. The molecule has 2 N–H and O–H groups in total. The maximum Gasteiger partial charge on any atom is 0.410 e. The van der Waals surface area contributed by atoms with Gasteiger partial charge in [0, 0.05) is 31.7 Å². The zero-order chi connectivity index (χ0) is 18.9. The molecule has 0 atom stereocenters. The van der Waals surface area contributed by atoms with Crippen LogP contribution in [0.2, 0.25) is 0 Å². The van der Waals surface area contributed by atoms with Gasteiger partial charge in [0.15, 0.2) is 0 Å². The van der Waals surface area contributed by atoms with Gasteiger partial charge >= 0.3 is 6.09 Å². The highest BCUT2D eigenvalue weighted by Gasteiger charge is 2.21. The normalized spacial score (nSPS) is 12.8. The van der Waals surface area contributed by atoms with E-state index < -0.39 is 0 Å². The second-order valence-corrected chi connectivity index (χ2v) is 6.45. The van der Waals surface area contributed by atoms with Gasteiger partial charge in [-0.1, -0.05) is 42.5 Å². The van der Waals surface area contributed by atoms with Crippen LogP contribution in [0.15, 0.2) is 54.6 Å². The van der Waals surface area contributed by atoms with Gasteiger partial charge in [-0.15, -0.1) is 0 Å². The molecular weight excluding hydrogens is 342 g/mol. The fourth-order valence-corrected chi connectivity index (χ4v) is 3.04. The van der Waals surface area contributed by atoms with Crippen molar-refractivity contribution in [3.8, 4) is 0 Å². The van der Waals surface area contributed by atoms with E-state index in [9.17, 15) is 9.59 Å². The number of para-hydroxylation sites is 1. The van der Waals surface area contributed by atoms with Gasteiger partial charge in [-0.05, 0) is 29.7 Å². The number of nitrogens with zero attached hydrogens (tertiary/aromatic N) is 1. The molecule has 6 heteroatoms. The van der Waals surface area contributed by atoms with Crippen molar-refractivity contribution >= 4 is 17.7 Å². The topological polar surface area (TPSA) is 70.7 Å². The zero-order valence-electron chi connectivity index (χ0n) is 15.3. The molecule has 0 bridgehead atoms. The number of amides is 2. The van der Waals surface area contributed by atoms with Gasteiger partial charge in [-0.25, -0.2) is 4.79 Å². The van der Waals surface area contributed by atoms with E-state index in [-0.39, 0.29) is 18.6 Å². The van der Waals surface area contributed by atoms with Gasteiger partial charge in [0.1, 0.15) is 6.61 Å². The molecule has 0 spiro atoms. The van der Waals surface area contributed by atoms with Crippen LogP contribution in [0, 0.1) is 0 Å². The quantitative estimate of drug-likeness (QED) is 0.739. The third-order valence-corrected chi connectivity index (χ3v) is 4.49. The van der Waals surface area contributed by atoms with Gasteiger partial charge < -0.3 is 20.3 Å². The van der Waals surface area contributed by atoms with Crippen LogP contribution in [0.4, 0.5) is 10.5 Å². The van der Waals surface area contributed by atoms with Crippen molar-refractivity contribution < 1.29 is 14.3 Å². The smallest absolute Gasteiger partial charge is 0.410 e. The summed E-state index contributed by atoms with van der Waals surface area (Å²) in [6.45, 7) is 2.29. The van der Waals surface area contributed by atoms with E-state index in [1.54, 1.807) is 4.90 Å². The Morgan fingerprint density at radius 3 is 2.52 bits per heavy atom. The predicted molar refractivity (Wildman–Crippen MR) is 104 cm³/mol. The first-order valence-electron chi connectivity index (χ1n) is 9.26. The summed E-state index contributed by atoms with van der Waals surface area (Å²) in [5.74, 6) is -0.0682. The Balaban J connectivity index is 1.28. The highest BCUT2D eigenvalue weighted by Crippen LogP contribution is 2.18. The number of fused-ring (bicyclic) bond motifs is 1. The van der Waals surface area contributed by atoms with Gasteiger partial charge in [-0.3, -0.25) is 4.79 Å². The Kier molecular flexibility index (Phi) is 6.68. The molecule has 27 heavy (non-hydrogen) atoms. The average molecular weight is 367 g/mol. The first kappa shape index (κ1) is 18.8. The summed E-state index contributed by atoms with van der Waals surface area (Å²) in [7, 11) is 0. The van der Waals surface area contributed by atoms with E-state index >= 15 is 0 Å². The lowest BCUT2D eigenvalue weighted by Gasteiger charge is -2.28. The van der Waals surface area contributed by atoms with Crippen LogP contribution < -0.4 is 10.6 Å². The molecule has 1 heterocycles. The standard InChI is InChI=1S/C21H25N3O3/c25-20(10-12-22-19-8-2-1-3-9-19)23-13-15-27-21(26)24-14-11-17-6-4-5-7-18(17)16-24/h1-9,22H,10-16H2,(H,23,25). The highest BCUT2D eigenvalue weighted by atomic mass is 16.6. The summed E-state index contributed by atoms with van der Waals surface area (Å²) in [6, 6.07) is 17.9. The van der Waals surface area contributed by atoms with Crippen LogP contribution >= 0.6 is 0 Å². The van der Waals surface area contributed by atoms with Crippen LogP contribution in [-0.4, -0.2) is 43.1 Å². The Morgan fingerprint density at radius 1 is 0.963 bits per heavy atom. The predicted octanol–water partition coefficient (Wildman–Crippen LogP) is 2.80. The van der Waals surface area contributed by atoms with Crippen molar-refractivity contribution in [2.45, 2.75) is 19.4 Å². The molecule has 142 valence electrons. The van der Waals surface area contributed by atoms with Crippen LogP contribution in [0.25, 0.3) is 0 Å². The molecule has 0 saturated heterocycles. The minimum atomic E-state index is -0.329. The number of nitrogens with one attached hydrogen (secondary N) is 2. The minimum absolute atomic E-state index is 0.0682. The molecule has 0 saturated carbocycles. The molecule has 1 aliphatic heterocycles. The molecule has 6 nitrogen and oxygen atoms in total. The molecule has 3 rings (SSSR count). The average Bonchev–Trinajstić information content (AvgIpc) is 2.71. The number of rotatable bonds is 7. The first-order valence-corrected chi connectivity index (χ1v) is 9.26. The number of anilines is 1. The lowest BCUT2D eigenvalue weighted by molar-refractivity contribution is -0.121. The second kappa shape index (κ2) is 9.62. The van der Waals surface area contributed by atoms with Gasteiger partial charge in [0.25, 0.3) is 0 Å². The molecule has 0 unspecified atom stereocenters. The summed E-state index contributed by atoms with van der Waals surface area (Å²) in [6.07, 6.45) is 0.881. The van der Waals surface area contributed by atoms with Crippen LogP contribution in [0.3, 0.4) is 0 Å². The maximum absolute atomic E-state index is 12.2. The van der Waals surface area contributed by atoms with Crippen molar-refractivity contribution in [2.24, 2.45) is 0 Å². The van der Waals surface area contributed by atoms with Crippen LogP contribution in [0.5, 0.6) is 0 Å². The molecule has 2 aromatic carbocycles. The van der Waals surface area contributed by atoms with E-state index in [2.05, 4.69) is 16.7 Å². The Labute approximate surface area is 159 Å². The summed E-state index contributed by atoms with van der Waals surface area (Å²) in [5, 5.41) is 5.95. The Hall–Kier alpha value is -3.02. The number of benzene rings is 2. The van der Waals surface area contributed by atoms with Crippen molar-refractivity contribution in [3.63, 3.8) is 0 Å². The van der Waals surface area contributed by atoms with E-state index in [1.807, 2.05) is 48.5 Å². The van der Waals surface area contributed by atoms with Crippen molar-refractivity contribution in [1.29, 1.82) is 0 Å². The summed E-state index contributed by atoms with van der Waals surface area (Å²) < 4.78 is 5.28. The van der Waals surface area contributed by atoms with Crippen LogP contribution in [-0.2, 0) is 22.5 Å². The number of ether oxygens (including phenoxy) is 1. The monoisotopic (exact) mass is 367 g/mol. The summed E-state index contributed by atoms with van der Waals surface area (Å²) >= 11 is 0. The first-order chi connectivity index (χ1) is 13.2. The summed E-state index contributed by atoms with van der Waals surface area (Å²) in [4.78, 5) is 25.7. The maximum atomic E-state index is 12.2. The lowest BCUT2D eigenvalue weighted by atomic mass is 10.0. The highest BCUT2D eigenvalue weighted by molar-refractivity contribution is 5.76. The molecule has 0 radical (unpaired) electrons. The van der Waals surface area contributed by atoms with E-state index in [0.717, 1.165) is 12.1 Å². The minimum Gasteiger partial charge on any atom is -0.448 e. The van der Waals surface area contributed by atoms with Gasteiger partial charge in [0.05, 0.1) is 6.54 Å². The molecule has 0 aromatic heterocycles. The van der Waals surface area contributed by atoms with Gasteiger partial charge in [-0.2, -0.15) is 0 Å². The SMILES string of the molecule is O=C(CCNc1ccccc1)NCCOC(=O)N1CCc2ccccc2C1. The van der Waals surface area contributed by atoms with Crippen LogP contribution in [0.1, 0.15) is 17.5 Å². The number of carbonyl (C=O) groups excluding carboxylic acids is 2. The second-order valence-electron chi connectivity index (χ2n) is 6.45. The van der Waals surface area contributed by atoms with E-state index in [4.69, 9.17) is 4.74 Å². The van der Waals surface area contributed by atoms with Gasteiger partial charge in [0.2, 0.25) is 5.91 Å². The number of carbonyl (C=O) groups is 2. The molecule has 0 fully saturated rings. The third kappa shape index (κ3) is 5.74. The largest absolute Gasteiger partial charge is 0.448 e. The molecule has 0 aliphatic carbocycles. The molecular formula is C21H25N3O3. The fourth-order valence-electron chi connectivity index (χ4n) is 3.04. The van der Waals surface area contributed by atoms with E-state index in [1.165, 1.54) is 11.1 Å². The zero-order valence-corrected chi connectivity index (χ0v) is 15.3. The third-order valence-electron chi connectivity index (χ3n) is 4.49. The fraction of sp³-hybridized carbons (Fsp3) is 0.333. The molecule has 2 aromatic rings.